The minimum absolute atomic E-state index is 0.0855. The molecule has 1 aliphatic heterocycles. The molecule has 27 heavy (non-hydrogen) atoms. The highest BCUT2D eigenvalue weighted by Crippen LogP contribution is 2.23. The number of phenolic OH excluding ortho intramolecular Hbond substituents is 1. The first-order valence-corrected chi connectivity index (χ1v) is 9.46. The Bertz CT molecular complexity index is 776. The molecule has 2 aromatic rings. The van der Waals surface area contributed by atoms with Crippen molar-refractivity contribution in [1.29, 1.82) is 0 Å². The van der Waals surface area contributed by atoms with Crippen LogP contribution < -0.4 is 0 Å². The Kier molecular flexibility index (Phi) is 6.11. The molecule has 144 valence electrons. The highest BCUT2D eigenvalue weighted by molar-refractivity contribution is 5.77. The number of phenols is 1. The molecule has 0 aliphatic carbocycles. The standard InChI is InChI=1S/C22H27FN2O2/c1-16(2)21-15-24(13-18-4-3-5-20(26)12-18)11-10-22(27)25(21)14-17-6-8-19(23)9-7-17/h3-9,12,16,21,26H,10-11,13-15H2,1-2H3/t21-/m1/s1. The molecule has 0 saturated carbocycles. The summed E-state index contributed by atoms with van der Waals surface area (Å²) in [5.41, 5.74) is 1.98. The third-order valence-electron chi connectivity index (χ3n) is 5.16. The summed E-state index contributed by atoms with van der Waals surface area (Å²) in [4.78, 5) is 17.1. The van der Waals surface area contributed by atoms with Gasteiger partial charge in [-0.15, -0.1) is 0 Å². The third kappa shape index (κ3) is 5.07. The summed E-state index contributed by atoms with van der Waals surface area (Å²) >= 11 is 0. The fraction of sp³-hybridized carbons (Fsp3) is 0.409. The molecule has 1 saturated heterocycles. The first kappa shape index (κ1) is 19.4. The summed E-state index contributed by atoms with van der Waals surface area (Å²) in [5, 5.41) is 9.70. The lowest BCUT2D eigenvalue weighted by Gasteiger charge is -2.35. The Hall–Kier alpha value is -2.40. The lowest BCUT2D eigenvalue weighted by atomic mass is 10.0. The van der Waals surface area contributed by atoms with Gasteiger partial charge in [0.15, 0.2) is 0 Å². The molecule has 1 heterocycles. The predicted octanol–water partition coefficient (Wildman–Crippen LogP) is 3.79. The van der Waals surface area contributed by atoms with Crippen molar-refractivity contribution in [3.8, 4) is 5.75 Å². The number of aromatic hydroxyl groups is 1. The summed E-state index contributed by atoms with van der Waals surface area (Å²) in [6, 6.07) is 13.7. The maximum Gasteiger partial charge on any atom is 0.224 e. The van der Waals surface area contributed by atoms with Crippen LogP contribution in [0.25, 0.3) is 0 Å². The summed E-state index contributed by atoms with van der Waals surface area (Å²) in [5.74, 6) is 0.436. The smallest absolute Gasteiger partial charge is 0.224 e. The first-order chi connectivity index (χ1) is 12.9. The van der Waals surface area contributed by atoms with E-state index in [-0.39, 0.29) is 23.5 Å². The van der Waals surface area contributed by atoms with E-state index in [1.165, 1.54) is 12.1 Å². The SMILES string of the molecule is CC(C)[C@H]1CN(Cc2cccc(O)c2)CCC(=O)N1Cc1ccc(F)cc1. The zero-order chi connectivity index (χ0) is 19.4. The van der Waals surface area contributed by atoms with Gasteiger partial charge in [-0.1, -0.05) is 38.1 Å². The van der Waals surface area contributed by atoms with Crippen molar-refractivity contribution >= 4 is 5.91 Å². The fourth-order valence-corrected chi connectivity index (χ4v) is 3.66. The van der Waals surface area contributed by atoms with E-state index >= 15 is 0 Å². The van der Waals surface area contributed by atoms with E-state index in [4.69, 9.17) is 0 Å². The van der Waals surface area contributed by atoms with E-state index in [0.717, 1.165) is 17.7 Å². The second-order valence-electron chi connectivity index (χ2n) is 7.61. The molecule has 1 amide bonds. The van der Waals surface area contributed by atoms with Crippen molar-refractivity contribution < 1.29 is 14.3 Å². The zero-order valence-corrected chi connectivity index (χ0v) is 15.9. The average molecular weight is 370 g/mol. The first-order valence-electron chi connectivity index (χ1n) is 9.46. The summed E-state index contributed by atoms with van der Waals surface area (Å²) in [6.45, 7) is 6.94. The van der Waals surface area contributed by atoms with Crippen molar-refractivity contribution in [2.45, 2.75) is 39.4 Å². The van der Waals surface area contributed by atoms with Gasteiger partial charge in [-0.05, 0) is 41.3 Å². The van der Waals surface area contributed by atoms with Crippen LogP contribution in [0, 0.1) is 11.7 Å². The third-order valence-corrected chi connectivity index (χ3v) is 5.16. The van der Waals surface area contributed by atoms with E-state index in [2.05, 4.69) is 18.7 Å². The minimum atomic E-state index is -0.265. The largest absolute Gasteiger partial charge is 0.508 e. The molecule has 1 atom stereocenters. The number of hydrogen-bond acceptors (Lipinski definition) is 3. The van der Waals surface area contributed by atoms with Crippen LogP contribution in [0.2, 0.25) is 0 Å². The average Bonchev–Trinajstić information content (AvgIpc) is 2.77. The molecule has 4 nitrogen and oxygen atoms in total. The molecule has 0 unspecified atom stereocenters. The van der Waals surface area contributed by atoms with Crippen LogP contribution in [-0.4, -0.2) is 39.9 Å². The molecule has 0 spiro atoms. The molecule has 0 aromatic heterocycles. The second-order valence-corrected chi connectivity index (χ2v) is 7.61. The van der Waals surface area contributed by atoms with Crippen molar-refractivity contribution in [2.75, 3.05) is 13.1 Å². The number of carbonyl (C=O) groups excluding carboxylic acids is 1. The number of nitrogens with zero attached hydrogens (tertiary/aromatic N) is 2. The number of amides is 1. The van der Waals surface area contributed by atoms with Crippen LogP contribution >= 0.6 is 0 Å². The molecule has 5 heteroatoms. The van der Waals surface area contributed by atoms with Crippen molar-refractivity contribution in [1.82, 2.24) is 9.80 Å². The van der Waals surface area contributed by atoms with Gasteiger partial charge in [-0.3, -0.25) is 9.69 Å². The van der Waals surface area contributed by atoms with Crippen LogP contribution in [-0.2, 0) is 17.9 Å². The number of hydrogen-bond donors (Lipinski definition) is 1. The second kappa shape index (κ2) is 8.53. The van der Waals surface area contributed by atoms with Gasteiger partial charge in [0, 0.05) is 38.6 Å². The van der Waals surface area contributed by atoms with Crippen molar-refractivity contribution in [3.63, 3.8) is 0 Å². The number of benzene rings is 2. The molecule has 1 aliphatic rings. The lowest BCUT2D eigenvalue weighted by molar-refractivity contribution is -0.134. The van der Waals surface area contributed by atoms with Crippen LogP contribution in [0.15, 0.2) is 48.5 Å². The fourth-order valence-electron chi connectivity index (χ4n) is 3.66. The monoisotopic (exact) mass is 370 g/mol. The van der Waals surface area contributed by atoms with E-state index in [0.29, 0.717) is 32.0 Å². The maximum absolute atomic E-state index is 13.2. The Balaban J connectivity index is 1.76. The molecular weight excluding hydrogens is 343 g/mol. The summed E-state index contributed by atoms with van der Waals surface area (Å²) < 4.78 is 13.2. The molecule has 0 radical (unpaired) electrons. The van der Waals surface area contributed by atoms with Gasteiger partial charge < -0.3 is 10.0 Å². The molecule has 0 bridgehead atoms. The zero-order valence-electron chi connectivity index (χ0n) is 15.9. The maximum atomic E-state index is 13.2. The van der Waals surface area contributed by atoms with E-state index in [9.17, 15) is 14.3 Å². The van der Waals surface area contributed by atoms with Gasteiger partial charge in [0.2, 0.25) is 5.91 Å². The Morgan fingerprint density at radius 2 is 1.85 bits per heavy atom. The summed E-state index contributed by atoms with van der Waals surface area (Å²) in [7, 11) is 0. The van der Waals surface area contributed by atoms with Gasteiger partial charge in [-0.2, -0.15) is 0 Å². The highest BCUT2D eigenvalue weighted by atomic mass is 19.1. The Morgan fingerprint density at radius 3 is 2.52 bits per heavy atom. The van der Waals surface area contributed by atoms with Gasteiger partial charge in [0.05, 0.1) is 0 Å². The van der Waals surface area contributed by atoms with Crippen LogP contribution in [0.5, 0.6) is 5.75 Å². The van der Waals surface area contributed by atoms with Crippen LogP contribution in [0.1, 0.15) is 31.4 Å². The van der Waals surface area contributed by atoms with E-state index < -0.39 is 0 Å². The molecule has 3 rings (SSSR count). The lowest BCUT2D eigenvalue weighted by Crippen LogP contribution is -2.45. The predicted molar refractivity (Wildman–Crippen MR) is 104 cm³/mol. The normalized spacial score (nSPS) is 18.7. The molecule has 1 N–H and O–H groups in total. The van der Waals surface area contributed by atoms with Gasteiger partial charge in [0.25, 0.3) is 0 Å². The molecule has 2 aromatic carbocycles. The van der Waals surface area contributed by atoms with Gasteiger partial charge >= 0.3 is 0 Å². The van der Waals surface area contributed by atoms with Crippen LogP contribution in [0.3, 0.4) is 0 Å². The Labute approximate surface area is 160 Å². The quantitative estimate of drug-likeness (QED) is 0.871. The van der Waals surface area contributed by atoms with Crippen molar-refractivity contribution in [2.24, 2.45) is 5.92 Å². The molecular formula is C22H27FN2O2. The number of rotatable bonds is 5. The van der Waals surface area contributed by atoms with Gasteiger partial charge in [-0.25, -0.2) is 4.39 Å². The number of carbonyl (C=O) groups is 1. The van der Waals surface area contributed by atoms with Gasteiger partial charge in [0.1, 0.15) is 11.6 Å². The minimum Gasteiger partial charge on any atom is -0.508 e. The topological polar surface area (TPSA) is 43.8 Å². The van der Waals surface area contributed by atoms with Crippen molar-refractivity contribution in [3.05, 3.63) is 65.5 Å². The van der Waals surface area contributed by atoms with E-state index in [1.54, 1.807) is 24.3 Å². The number of halogens is 1. The highest BCUT2D eigenvalue weighted by Gasteiger charge is 2.31. The van der Waals surface area contributed by atoms with Crippen LogP contribution in [0.4, 0.5) is 4.39 Å². The molecule has 1 fully saturated rings. The summed E-state index contributed by atoms with van der Waals surface area (Å²) in [6.07, 6.45) is 0.462. The Morgan fingerprint density at radius 1 is 1.11 bits per heavy atom. The van der Waals surface area contributed by atoms with E-state index in [1.807, 2.05) is 17.0 Å².